The molecule has 1 fully saturated rings. The van der Waals surface area contributed by atoms with E-state index >= 15 is 0 Å². The molecule has 0 aliphatic carbocycles. The second-order valence-corrected chi connectivity index (χ2v) is 10.2. The molecular formula is C24H31N3O5S. The van der Waals surface area contributed by atoms with Gasteiger partial charge in [0.25, 0.3) is 0 Å². The fourth-order valence-corrected chi connectivity index (χ4v) is 5.91. The Morgan fingerprint density at radius 1 is 0.939 bits per heavy atom. The number of carbonyl (C=O) groups is 2. The minimum atomic E-state index is -3.67. The van der Waals surface area contributed by atoms with E-state index in [-0.39, 0.29) is 45.2 Å². The highest BCUT2D eigenvalue weighted by Crippen LogP contribution is 2.29. The van der Waals surface area contributed by atoms with Crippen molar-refractivity contribution < 1.29 is 22.7 Å². The lowest BCUT2D eigenvalue weighted by Crippen LogP contribution is -2.52. The van der Waals surface area contributed by atoms with Gasteiger partial charge in [0, 0.05) is 26.2 Å². The number of amides is 2. The molecule has 1 aliphatic rings. The van der Waals surface area contributed by atoms with E-state index in [1.807, 2.05) is 64.1 Å². The maximum absolute atomic E-state index is 13.4. The van der Waals surface area contributed by atoms with Crippen LogP contribution in [-0.2, 0) is 26.2 Å². The molecule has 3 rings (SSSR count). The Labute approximate surface area is 195 Å². The topological polar surface area (TPSA) is 96.0 Å². The quantitative estimate of drug-likeness (QED) is 0.696. The van der Waals surface area contributed by atoms with Crippen molar-refractivity contribution in [3.63, 3.8) is 0 Å². The van der Waals surface area contributed by atoms with Gasteiger partial charge in [-0.15, -0.1) is 0 Å². The van der Waals surface area contributed by atoms with Crippen molar-refractivity contribution in [1.82, 2.24) is 14.5 Å². The van der Waals surface area contributed by atoms with Crippen molar-refractivity contribution in [3.8, 4) is 0 Å². The Balaban J connectivity index is 1.53. The number of carbonyl (C=O) groups excluding carboxylic acids is 2. The molecule has 178 valence electrons. The molecule has 0 unspecified atom stereocenters. The van der Waals surface area contributed by atoms with E-state index in [0.29, 0.717) is 4.90 Å². The summed E-state index contributed by atoms with van der Waals surface area (Å²) in [4.78, 5) is 26.3. The number of nitrogens with zero attached hydrogens (tertiary/aromatic N) is 2. The first-order valence-corrected chi connectivity index (χ1v) is 12.3. The summed E-state index contributed by atoms with van der Waals surface area (Å²) in [5.74, 6) is -0.275. The number of sulfonamides is 1. The van der Waals surface area contributed by atoms with E-state index in [2.05, 4.69) is 5.32 Å². The van der Waals surface area contributed by atoms with Crippen LogP contribution in [0.5, 0.6) is 0 Å². The highest BCUT2D eigenvalue weighted by Gasteiger charge is 2.32. The summed E-state index contributed by atoms with van der Waals surface area (Å²) in [6.45, 7) is 8.35. The molecule has 2 aromatic rings. The minimum Gasteiger partial charge on any atom is -0.445 e. The molecular weight excluding hydrogens is 442 g/mol. The van der Waals surface area contributed by atoms with Gasteiger partial charge in [-0.1, -0.05) is 36.4 Å². The van der Waals surface area contributed by atoms with Gasteiger partial charge >= 0.3 is 6.09 Å². The van der Waals surface area contributed by atoms with Crippen LogP contribution in [0, 0.1) is 27.7 Å². The number of hydrogen-bond acceptors (Lipinski definition) is 5. The first-order chi connectivity index (χ1) is 15.6. The van der Waals surface area contributed by atoms with Crippen molar-refractivity contribution >= 4 is 22.0 Å². The van der Waals surface area contributed by atoms with E-state index in [1.165, 1.54) is 4.31 Å². The van der Waals surface area contributed by atoms with Gasteiger partial charge in [-0.25, -0.2) is 13.2 Å². The molecule has 1 heterocycles. The lowest BCUT2D eigenvalue weighted by atomic mass is 10.0. The van der Waals surface area contributed by atoms with Crippen LogP contribution in [-0.4, -0.2) is 62.3 Å². The fraction of sp³-hybridized carbons (Fsp3) is 0.417. The van der Waals surface area contributed by atoms with Crippen molar-refractivity contribution in [2.75, 3.05) is 32.7 Å². The number of rotatable bonds is 6. The predicted octanol–water partition coefficient (Wildman–Crippen LogP) is 2.68. The summed E-state index contributed by atoms with van der Waals surface area (Å²) in [6, 6.07) is 11.3. The Hall–Kier alpha value is -2.91. The largest absolute Gasteiger partial charge is 0.445 e. The lowest BCUT2D eigenvalue weighted by Gasteiger charge is -2.34. The maximum Gasteiger partial charge on any atom is 0.407 e. The lowest BCUT2D eigenvalue weighted by molar-refractivity contribution is -0.131. The molecule has 0 bridgehead atoms. The number of hydrogen-bond donors (Lipinski definition) is 1. The molecule has 1 N–H and O–H groups in total. The van der Waals surface area contributed by atoms with E-state index < -0.39 is 16.1 Å². The van der Waals surface area contributed by atoms with Gasteiger partial charge in [-0.05, 0) is 55.5 Å². The van der Waals surface area contributed by atoms with Crippen LogP contribution in [0.1, 0.15) is 27.8 Å². The van der Waals surface area contributed by atoms with E-state index in [0.717, 1.165) is 27.8 Å². The molecule has 2 aromatic carbocycles. The SMILES string of the molecule is Cc1cc(C)c(C)c(S(=O)(=O)N2CCN(C(=O)CNC(=O)OCc3ccccc3)CC2)c1C. The summed E-state index contributed by atoms with van der Waals surface area (Å²) < 4.78 is 33.3. The van der Waals surface area contributed by atoms with Crippen molar-refractivity contribution in [3.05, 3.63) is 64.2 Å². The molecule has 0 saturated carbocycles. The molecule has 1 aliphatic heterocycles. The van der Waals surface area contributed by atoms with Gasteiger partial charge in [0.2, 0.25) is 15.9 Å². The van der Waals surface area contributed by atoms with Crippen LogP contribution < -0.4 is 5.32 Å². The molecule has 0 atom stereocenters. The third-order valence-electron chi connectivity index (χ3n) is 6.08. The van der Waals surface area contributed by atoms with Crippen molar-refractivity contribution in [1.29, 1.82) is 0 Å². The van der Waals surface area contributed by atoms with Crippen LogP contribution >= 0.6 is 0 Å². The number of piperazine rings is 1. The Bertz CT molecular complexity index is 1100. The third-order valence-corrected chi connectivity index (χ3v) is 8.26. The molecule has 0 radical (unpaired) electrons. The summed E-state index contributed by atoms with van der Waals surface area (Å²) in [6.07, 6.45) is -0.672. The normalized spacial score (nSPS) is 14.7. The monoisotopic (exact) mass is 473 g/mol. The second kappa shape index (κ2) is 10.4. The van der Waals surface area contributed by atoms with Crippen LogP contribution in [0.3, 0.4) is 0 Å². The predicted molar refractivity (Wildman–Crippen MR) is 125 cm³/mol. The Morgan fingerprint density at radius 3 is 2.09 bits per heavy atom. The molecule has 2 amide bonds. The van der Waals surface area contributed by atoms with E-state index in [1.54, 1.807) is 4.90 Å². The van der Waals surface area contributed by atoms with Gasteiger partial charge in [-0.2, -0.15) is 4.31 Å². The molecule has 0 aromatic heterocycles. The average molecular weight is 474 g/mol. The zero-order valence-electron chi connectivity index (χ0n) is 19.6. The summed E-state index contributed by atoms with van der Waals surface area (Å²) in [5, 5.41) is 2.46. The smallest absolute Gasteiger partial charge is 0.407 e. The van der Waals surface area contributed by atoms with Gasteiger partial charge in [0.1, 0.15) is 13.2 Å². The van der Waals surface area contributed by atoms with Crippen molar-refractivity contribution in [2.24, 2.45) is 0 Å². The fourth-order valence-electron chi connectivity index (χ4n) is 3.91. The summed E-state index contributed by atoms with van der Waals surface area (Å²) in [5.41, 5.74) is 4.25. The molecule has 0 spiro atoms. The van der Waals surface area contributed by atoms with Gasteiger partial charge in [-0.3, -0.25) is 4.79 Å². The van der Waals surface area contributed by atoms with Crippen LogP contribution in [0.4, 0.5) is 4.79 Å². The third kappa shape index (κ3) is 5.72. The maximum atomic E-state index is 13.4. The van der Waals surface area contributed by atoms with Gasteiger partial charge < -0.3 is 15.0 Å². The Kier molecular flexibility index (Phi) is 7.76. The number of benzene rings is 2. The number of alkyl carbamates (subject to hydrolysis) is 1. The molecule has 1 saturated heterocycles. The van der Waals surface area contributed by atoms with Crippen LogP contribution in [0.15, 0.2) is 41.3 Å². The van der Waals surface area contributed by atoms with Crippen LogP contribution in [0.25, 0.3) is 0 Å². The Morgan fingerprint density at radius 2 is 1.52 bits per heavy atom. The zero-order chi connectivity index (χ0) is 24.2. The standard InChI is InChI=1S/C24H31N3O5S/c1-17-14-18(2)20(4)23(19(17)3)33(30,31)27-12-10-26(11-13-27)22(28)15-25-24(29)32-16-21-8-6-5-7-9-21/h5-9,14H,10-13,15-16H2,1-4H3,(H,25,29). The highest BCUT2D eigenvalue weighted by molar-refractivity contribution is 7.89. The molecule has 9 heteroatoms. The average Bonchev–Trinajstić information content (AvgIpc) is 2.80. The molecule has 8 nitrogen and oxygen atoms in total. The van der Waals surface area contributed by atoms with Crippen LogP contribution in [0.2, 0.25) is 0 Å². The first kappa shape index (κ1) is 24.7. The highest BCUT2D eigenvalue weighted by atomic mass is 32.2. The first-order valence-electron chi connectivity index (χ1n) is 10.9. The second-order valence-electron chi connectivity index (χ2n) is 8.29. The zero-order valence-corrected chi connectivity index (χ0v) is 20.4. The van der Waals surface area contributed by atoms with Crippen molar-refractivity contribution in [2.45, 2.75) is 39.2 Å². The van der Waals surface area contributed by atoms with E-state index in [4.69, 9.17) is 4.74 Å². The molecule has 33 heavy (non-hydrogen) atoms. The number of nitrogens with one attached hydrogen (secondary N) is 1. The van der Waals surface area contributed by atoms with E-state index in [9.17, 15) is 18.0 Å². The minimum absolute atomic E-state index is 0.120. The number of ether oxygens (including phenoxy) is 1. The van der Waals surface area contributed by atoms with Gasteiger partial charge in [0.15, 0.2) is 0 Å². The van der Waals surface area contributed by atoms with Gasteiger partial charge in [0.05, 0.1) is 4.90 Å². The summed E-state index contributed by atoms with van der Waals surface area (Å²) >= 11 is 0. The summed E-state index contributed by atoms with van der Waals surface area (Å²) in [7, 11) is -3.67. The number of aryl methyl sites for hydroxylation is 2.